The van der Waals surface area contributed by atoms with Crippen LogP contribution in [0.15, 0.2) is 12.7 Å². The molecule has 2 aromatic heterocycles. The number of imidazole rings is 1. The van der Waals surface area contributed by atoms with Gasteiger partial charge in [-0.05, 0) is 24.6 Å². The van der Waals surface area contributed by atoms with Gasteiger partial charge in [0.2, 0.25) is 0 Å². The van der Waals surface area contributed by atoms with Crippen molar-refractivity contribution in [3.8, 4) is 0 Å². The fourth-order valence-corrected chi connectivity index (χ4v) is 6.83. The van der Waals surface area contributed by atoms with Gasteiger partial charge in [-0.15, -0.1) is 0 Å². The lowest BCUT2D eigenvalue weighted by molar-refractivity contribution is -0.0178. The van der Waals surface area contributed by atoms with E-state index in [1.54, 1.807) is 4.57 Å². The van der Waals surface area contributed by atoms with Gasteiger partial charge in [0.25, 0.3) is 0 Å². The number of anilines is 1. The summed E-state index contributed by atoms with van der Waals surface area (Å²) in [6.07, 6.45) is 2.83. The van der Waals surface area contributed by atoms with Gasteiger partial charge >= 0.3 is 22.4 Å². The van der Waals surface area contributed by atoms with E-state index in [1.807, 2.05) is 0 Å². The molecule has 168 valence electrons. The third-order valence-corrected chi connectivity index (χ3v) is 9.00. The minimum Gasteiger partial charge on any atom is -0.382 e. The van der Waals surface area contributed by atoms with Gasteiger partial charge in [-0.25, -0.2) is 28.4 Å². The third kappa shape index (κ3) is 5.88. The molecule has 3 heterocycles. The first-order chi connectivity index (χ1) is 13.9. The van der Waals surface area contributed by atoms with Crippen molar-refractivity contribution in [3.63, 3.8) is 0 Å². The van der Waals surface area contributed by atoms with Gasteiger partial charge in [-0.2, -0.15) is 4.31 Å². The second-order valence-electron chi connectivity index (χ2n) is 5.92. The molecule has 0 amide bonds. The lowest BCUT2D eigenvalue weighted by atomic mass is 10.2. The van der Waals surface area contributed by atoms with E-state index in [1.165, 1.54) is 12.7 Å². The molecule has 1 saturated heterocycles. The summed E-state index contributed by atoms with van der Waals surface area (Å²) in [6.45, 7) is -4.60. The molecule has 30 heavy (non-hydrogen) atoms. The molecule has 0 aliphatic carbocycles. The minimum atomic E-state index is -5.24. The fraction of sp³-hybridized carbons (Fsp3) is 0.545. The molecule has 3 rings (SSSR count). The zero-order chi connectivity index (χ0) is 22.2. The molecule has 5 atom stereocenters. The average Bonchev–Trinajstić information content (AvgIpc) is 3.25. The first-order valence-electron chi connectivity index (χ1n) is 8.11. The number of hydrogen-bond acceptors (Lipinski definition) is 12. The van der Waals surface area contributed by atoms with E-state index in [-0.39, 0.29) is 12.4 Å². The molecular weight excluding hydrogens is 487 g/mol. The Bertz CT molecular complexity index is 1070. The van der Waals surface area contributed by atoms with Crippen molar-refractivity contribution in [3.05, 3.63) is 12.7 Å². The highest BCUT2D eigenvalue weighted by Crippen LogP contribution is 2.67. The van der Waals surface area contributed by atoms with E-state index < -0.39 is 34.7 Å². The summed E-state index contributed by atoms with van der Waals surface area (Å²) < 4.78 is 47.7. The van der Waals surface area contributed by atoms with Crippen LogP contribution in [0, 0.1) is 0 Å². The van der Waals surface area contributed by atoms with Gasteiger partial charge in [0.15, 0.2) is 11.5 Å². The molecule has 0 saturated carbocycles. The topological polar surface area (TPSA) is 211 Å². The van der Waals surface area contributed by atoms with Crippen LogP contribution >= 0.6 is 22.4 Å². The van der Waals surface area contributed by atoms with Gasteiger partial charge in [0, 0.05) is 7.11 Å². The second-order valence-corrected chi connectivity index (χ2v) is 12.0. The summed E-state index contributed by atoms with van der Waals surface area (Å²) >= 11 is 4.63. The summed E-state index contributed by atoms with van der Waals surface area (Å²) in [4.78, 5) is 40.6. The molecule has 1 aliphatic rings. The maximum atomic E-state index is 11.7. The van der Waals surface area contributed by atoms with Gasteiger partial charge in [-0.1, -0.05) is 0 Å². The highest BCUT2D eigenvalue weighted by Gasteiger charge is 2.40. The number of phosphoric ester groups is 1. The smallest absolute Gasteiger partial charge is 0.382 e. The van der Waals surface area contributed by atoms with E-state index in [9.17, 15) is 18.9 Å². The van der Waals surface area contributed by atoms with Crippen LogP contribution in [0.25, 0.3) is 11.2 Å². The van der Waals surface area contributed by atoms with Crippen molar-refractivity contribution in [1.29, 1.82) is 0 Å². The van der Waals surface area contributed by atoms with Gasteiger partial charge in [0.1, 0.15) is 18.1 Å². The molecule has 19 heteroatoms. The maximum absolute atomic E-state index is 11.7. The van der Waals surface area contributed by atoms with E-state index in [4.69, 9.17) is 19.9 Å². The third-order valence-electron chi connectivity index (χ3n) is 3.85. The van der Waals surface area contributed by atoms with Crippen molar-refractivity contribution in [1.82, 2.24) is 19.5 Å². The fourth-order valence-electron chi connectivity index (χ4n) is 2.60. The normalized spacial score (nSPS) is 25.6. The molecule has 15 nitrogen and oxygen atoms in total. The first-order valence-corrected chi connectivity index (χ1v) is 13.7. The Morgan fingerprint density at radius 1 is 1.23 bits per heavy atom. The van der Waals surface area contributed by atoms with Crippen molar-refractivity contribution < 1.29 is 46.2 Å². The van der Waals surface area contributed by atoms with Gasteiger partial charge < -0.3 is 29.7 Å². The Morgan fingerprint density at radius 2 is 1.97 bits per heavy atom. The molecule has 0 bridgehead atoms. The summed E-state index contributed by atoms with van der Waals surface area (Å²) in [5.41, 5.74) is 6.66. The molecule has 0 spiro atoms. The van der Waals surface area contributed by atoms with Crippen LogP contribution in [0.2, 0.25) is 0 Å². The number of nitrogens with zero attached hydrogens (tertiary/aromatic N) is 4. The summed E-state index contributed by atoms with van der Waals surface area (Å²) in [5, 5.41) is 0. The van der Waals surface area contributed by atoms with E-state index in [2.05, 4.69) is 39.9 Å². The zero-order valence-corrected chi connectivity index (χ0v) is 18.7. The van der Waals surface area contributed by atoms with E-state index >= 15 is 0 Å². The van der Waals surface area contributed by atoms with E-state index in [0.717, 1.165) is 7.11 Å². The Balaban J connectivity index is 1.57. The summed E-state index contributed by atoms with van der Waals surface area (Å²) in [6, 6.07) is 0. The number of rotatable bonds is 9. The molecule has 5 N–H and O–H groups in total. The van der Waals surface area contributed by atoms with Crippen molar-refractivity contribution in [2.24, 2.45) is 0 Å². The zero-order valence-electron chi connectivity index (χ0n) is 15.2. The van der Waals surface area contributed by atoms with Gasteiger partial charge in [-0.3, -0.25) is 9.09 Å². The number of fused-ring (bicyclic) bond motifs is 1. The van der Waals surface area contributed by atoms with Crippen LogP contribution in [0.3, 0.4) is 0 Å². The summed E-state index contributed by atoms with van der Waals surface area (Å²) in [7, 11) is -9.34. The number of nitrogens with two attached hydrogens (primary N) is 1. The monoisotopic (exact) mass is 505 g/mol. The molecule has 1 fully saturated rings. The predicted molar refractivity (Wildman–Crippen MR) is 104 cm³/mol. The first kappa shape index (κ1) is 23.8. The quantitative estimate of drug-likeness (QED) is 0.353. The molecule has 0 aromatic carbocycles. The number of hydrogen-bond donors (Lipinski definition) is 4. The number of nitrogen functional groups attached to an aromatic ring is 1. The largest absolute Gasteiger partial charge is 0.488 e. The Labute approximate surface area is 174 Å². The highest BCUT2D eigenvalue weighted by molar-refractivity contribution is 8.08. The highest BCUT2D eigenvalue weighted by atomic mass is 32.5. The van der Waals surface area contributed by atoms with Gasteiger partial charge in [0.05, 0.1) is 19.0 Å². The number of ether oxygens (including phenoxy) is 1. The van der Waals surface area contributed by atoms with Crippen molar-refractivity contribution in [2.45, 2.75) is 25.2 Å². The standard InChI is InChI=1S/C11H18N5O10P3S/c1-22-27(17,18)25-28(19,20)26-29(21,30)23-4-7-2-3-8(24-7)16-6-15-9-10(12)13-5-14-11(9)16/h5-8H,2-4H2,1H3,(H,17,18)(H,19,20)(H,21,30)(H2,12,13,14). The summed E-state index contributed by atoms with van der Waals surface area (Å²) in [5.74, 6) is 0.228. The minimum absolute atomic E-state index is 0.228. The van der Waals surface area contributed by atoms with Crippen molar-refractivity contribution >= 4 is 51.2 Å². The lowest BCUT2D eigenvalue weighted by Gasteiger charge is -2.21. The van der Waals surface area contributed by atoms with Crippen LogP contribution in [0.1, 0.15) is 19.1 Å². The van der Waals surface area contributed by atoms with E-state index in [0.29, 0.717) is 24.0 Å². The number of phosphoric acid groups is 2. The molecule has 0 radical (unpaired) electrons. The van der Waals surface area contributed by atoms with Crippen LogP contribution in [-0.4, -0.2) is 54.0 Å². The van der Waals surface area contributed by atoms with Crippen LogP contribution in [-0.2, 0) is 43.3 Å². The Hall–Kier alpha value is -0.860. The van der Waals surface area contributed by atoms with Crippen molar-refractivity contribution in [2.75, 3.05) is 19.5 Å². The second kappa shape index (κ2) is 8.94. The number of aromatic nitrogens is 4. The predicted octanol–water partition coefficient (Wildman–Crippen LogP) is 1.20. The molecule has 1 aliphatic heterocycles. The Kier molecular flexibility index (Phi) is 7.09. The maximum Gasteiger partial charge on any atom is 0.488 e. The Morgan fingerprint density at radius 3 is 2.67 bits per heavy atom. The SMILES string of the molecule is COP(=O)(O)OP(=O)(O)OP(O)(=S)OCC1CCC(n2cnc3c(N)ncnc32)O1. The van der Waals surface area contributed by atoms with Crippen LogP contribution < -0.4 is 5.73 Å². The van der Waals surface area contributed by atoms with Crippen LogP contribution in [0.4, 0.5) is 5.82 Å². The molecular formula is C11H18N5O10P3S. The van der Waals surface area contributed by atoms with Crippen LogP contribution in [0.5, 0.6) is 0 Å². The molecule has 5 unspecified atom stereocenters. The molecule has 2 aromatic rings. The average molecular weight is 505 g/mol. The lowest BCUT2D eigenvalue weighted by Crippen LogP contribution is -2.16.